The number of ether oxygens (including phenoxy) is 1. The second kappa shape index (κ2) is 6.05. The van der Waals surface area contributed by atoms with E-state index in [0.29, 0.717) is 16.9 Å². The van der Waals surface area contributed by atoms with Gasteiger partial charge < -0.3 is 4.74 Å². The third-order valence-electron chi connectivity index (χ3n) is 3.82. The van der Waals surface area contributed by atoms with Crippen molar-refractivity contribution in [3.05, 3.63) is 77.4 Å². The van der Waals surface area contributed by atoms with Gasteiger partial charge in [-0.3, -0.25) is 4.79 Å². The van der Waals surface area contributed by atoms with Gasteiger partial charge in [0.15, 0.2) is 5.78 Å². The summed E-state index contributed by atoms with van der Waals surface area (Å²) in [7, 11) is 0. The van der Waals surface area contributed by atoms with E-state index in [1.165, 1.54) is 6.92 Å². The van der Waals surface area contributed by atoms with Crippen molar-refractivity contribution in [3.63, 3.8) is 0 Å². The Bertz CT molecular complexity index is 910. The van der Waals surface area contributed by atoms with Crippen molar-refractivity contribution in [2.45, 2.75) is 13.8 Å². The summed E-state index contributed by atoms with van der Waals surface area (Å²) in [5.41, 5.74) is 1.74. The average Bonchev–Trinajstić information content (AvgIpc) is 2.55. The highest BCUT2D eigenvalue weighted by Gasteiger charge is 2.18. The lowest BCUT2D eigenvalue weighted by Crippen LogP contribution is -2.12. The molecular weight excluding hydrogens is 288 g/mol. The molecule has 0 saturated heterocycles. The van der Waals surface area contributed by atoms with Crippen LogP contribution in [0.15, 0.2) is 60.7 Å². The Morgan fingerprint density at radius 3 is 2.26 bits per heavy atom. The van der Waals surface area contributed by atoms with Gasteiger partial charge in [0.2, 0.25) is 0 Å². The predicted octanol–water partition coefficient (Wildman–Crippen LogP) is 4.57. The molecule has 0 atom stereocenters. The van der Waals surface area contributed by atoms with Gasteiger partial charge in [0, 0.05) is 5.39 Å². The molecule has 0 aliphatic rings. The summed E-state index contributed by atoms with van der Waals surface area (Å²) < 4.78 is 5.63. The number of aryl methyl sites for hydroxylation is 1. The molecule has 3 rings (SSSR count). The van der Waals surface area contributed by atoms with Gasteiger partial charge in [-0.15, -0.1) is 0 Å². The lowest BCUT2D eigenvalue weighted by molar-refractivity contribution is 0.0734. The zero-order valence-electron chi connectivity index (χ0n) is 13.0. The maximum absolute atomic E-state index is 12.5. The molecule has 0 N–H and O–H groups in total. The van der Waals surface area contributed by atoms with Gasteiger partial charge in [-0.1, -0.05) is 48.5 Å². The summed E-state index contributed by atoms with van der Waals surface area (Å²) in [6.07, 6.45) is 0. The monoisotopic (exact) mass is 304 g/mol. The largest absolute Gasteiger partial charge is 0.421 e. The average molecular weight is 304 g/mol. The Kier molecular flexibility index (Phi) is 3.94. The van der Waals surface area contributed by atoms with Crippen LogP contribution in [0.1, 0.15) is 33.2 Å². The first-order chi connectivity index (χ1) is 11.1. The van der Waals surface area contributed by atoms with E-state index in [9.17, 15) is 9.59 Å². The number of fused-ring (bicyclic) bond motifs is 1. The van der Waals surface area contributed by atoms with Crippen molar-refractivity contribution in [3.8, 4) is 5.75 Å². The standard InChI is InChI=1S/C20H16O3/c1-13-7-3-5-9-16(13)20(22)23-19-17(14(2)21)12-11-15-8-4-6-10-18(15)19/h3-12H,1-2H3. The number of hydrogen-bond acceptors (Lipinski definition) is 3. The molecule has 0 spiro atoms. The number of benzene rings is 3. The van der Waals surface area contributed by atoms with Crippen molar-refractivity contribution < 1.29 is 14.3 Å². The molecule has 0 bridgehead atoms. The van der Waals surface area contributed by atoms with Gasteiger partial charge in [-0.05, 0) is 36.9 Å². The number of carbonyl (C=O) groups is 2. The van der Waals surface area contributed by atoms with Gasteiger partial charge in [-0.25, -0.2) is 4.79 Å². The lowest BCUT2D eigenvalue weighted by Gasteiger charge is -2.12. The Morgan fingerprint density at radius 1 is 0.826 bits per heavy atom. The summed E-state index contributed by atoms with van der Waals surface area (Å²) in [4.78, 5) is 24.4. The molecule has 3 heteroatoms. The highest BCUT2D eigenvalue weighted by Crippen LogP contribution is 2.31. The van der Waals surface area contributed by atoms with Crippen LogP contribution in [0.3, 0.4) is 0 Å². The van der Waals surface area contributed by atoms with E-state index >= 15 is 0 Å². The third kappa shape index (κ3) is 2.86. The number of ketones is 1. The van der Waals surface area contributed by atoms with Crippen molar-refractivity contribution in [1.29, 1.82) is 0 Å². The van der Waals surface area contributed by atoms with E-state index in [4.69, 9.17) is 4.74 Å². The molecule has 0 aliphatic carbocycles. The van der Waals surface area contributed by atoms with Crippen LogP contribution in [-0.2, 0) is 0 Å². The molecule has 0 radical (unpaired) electrons. The fraction of sp³-hybridized carbons (Fsp3) is 0.100. The summed E-state index contributed by atoms with van der Waals surface area (Å²) >= 11 is 0. The molecule has 3 nitrogen and oxygen atoms in total. The first-order valence-electron chi connectivity index (χ1n) is 7.38. The predicted molar refractivity (Wildman–Crippen MR) is 90.1 cm³/mol. The maximum Gasteiger partial charge on any atom is 0.343 e. The second-order valence-corrected chi connectivity index (χ2v) is 5.42. The normalized spacial score (nSPS) is 10.5. The maximum atomic E-state index is 12.5. The molecule has 0 saturated carbocycles. The fourth-order valence-corrected chi connectivity index (χ4v) is 2.58. The number of esters is 1. The molecule has 0 fully saturated rings. The summed E-state index contributed by atoms with van der Waals surface area (Å²) in [6.45, 7) is 3.32. The van der Waals surface area contributed by atoms with Crippen molar-refractivity contribution in [2.75, 3.05) is 0 Å². The van der Waals surface area contributed by atoms with Crippen LogP contribution in [-0.4, -0.2) is 11.8 Å². The first kappa shape index (κ1) is 15.0. The number of Topliss-reactive ketones (excluding diaryl/α,β-unsaturated/α-hetero) is 1. The van der Waals surface area contributed by atoms with E-state index in [0.717, 1.165) is 16.3 Å². The zero-order valence-corrected chi connectivity index (χ0v) is 13.0. The summed E-state index contributed by atoms with van der Waals surface area (Å²) in [5, 5.41) is 1.67. The fourth-order valence-electron chi connectivity index (χ4n) is 2.58. The smallest absolute Gasteiger partial charge is 0.343 e. The second-order valence-electron chi connectivity index (χ2n) is 5.42. The molecule has 3 aromatic rings. The van der Waals surface area contributed by atoms with Crippen LogP contribution >= 0.6 is 0 Å². The highest BCUT2D eigenvalue weighted by atomic mass is 16.5. The Hall–Kier alpha value is -2.94. The Morgan fingerprint density at radius 2 is 1.52 bits per heavy atom. The highest BCUT2D eigenvalue weighted by molar-refractivity contribution is 6.06. The van der Waals surface area contributed by atoms with Gasteiger partial charge in [-0.2, -0.15) is 0 Å². The van der Waals surface area contributed by atoms with Crippen molar-refractivity contribution >= 4 is 22.5 Å². The van der Waals surface area contributed by atoms with Crippen molar-refractivity contribution in [1.82, 2.24) is 0 Å². The molecule has 23 heavy (non-hydrogen) atoms. The number of rotatable bonds is 3. The topological polar surface area (TPSA) is 43.4 Å². The van der Waals surface area contributed by atoms with Crippen LogP contribution in [0.4, 0.5) is 0 Å². The number of hydrogen-bond donors (Lipinski definition) is 0. The van der Waals surface area contributed by atoms with Crippen LogP contribution < -0.4 is 4.74 Å². The van der Waals surface area contributed by atoms with Crippen molar-refractivity contribution in [2.24, 2.45) is 0 Å². The van der Waals surface area contributed by atoms with E-state index in [1.807, 2.05) is 49.4 Å². The number of carbonyl (C=O) groups excluding carboxylic acids is 2. The minimum Gasteiger partial charge on any atom is -0.421 e. The molecule has 0 aromatic heterocycles. The first-order valence-corrected chi connectivity index (χ1v) is 7.38. The van der Waals surface area contributed by atoms with Gasteiger partial charge in [0.1, 0.15) is 5.75 Å². The van der Waals surface area contributed by atoms with Gasteiger partial charge in [0.05, 0.1) is 11.1 Å². The summed E-state index contributed by atoms with van der Waals surface area (Å²) in [5.74, 6) is -0.269. The third-order valence-corrected chi connectivity index (χ3v) is 3.82. The molecule has 0 amide bonds. The van der Waals surface area contributed by atoms with E-state index in [2.05, 4.69) is 0 Å². The molecule has 3 aromatic carbocycles. The van der Waals surface area contributed by atoms with Gasteiger partial charge in [0.25, 0.3) is 0 Å². The molecule has 0 heterocycles. The van der Waals surface area contributed by atoms with E-state index in [-0.39, 0.29) is 5.78 Å². The minimum atomic E-state index is -0.457. The Balaban J connectivity index is 2.11. The van der Waals surface area contributed by atoms with Crippen LogP contribution in [0.2, 0.25) is 0 Å². The lowest BCUT2D eigenvalue weighted by atomic mass is 10.0. The molecule has 0 unspecified atom stereocenters. The zero-order chi connectivity index (χ0) is 16.4. The van der Waals surface area contributed by atoms with Crippen LogP contribution in [0.5, 0.6) is 5.75 Å². The SMILES string of the molecule is CC(=O)c1ccc2ccccc2c1OC(=O)c1ccccc1C. The summed E-state index contributed by atoms with van der Waals surface area (Å²) in [6, 6.07) is 18.3. The van der Waals surface area contributed by atoms with Gasteiger partial charge >= 0.3 is 5.97 Å². The van der Waals surface area contributed by atoms with E-state index < -0.39 is 5.97 Å². The van der Waals surface area contributed by atoms with Crippen LogP contribution in [0.25, 0.3) is 10.8 Å². The van der Waals surface area contributed by atoms with Crippen LogP contribution in [0, 0.1) is 6.92 Å². The Labute approximate surface area is 134 Å². The van der Waals surface area contributed by atoms with E-state index in [1.54, 1.807) is 18.2 Å². The minimum absolute atomic E-state index is 0.136. The molecule has 0 aliphatic heterocycles. The molecule has 114 valence electrons. The quantitative estimate of drug-likeness (QED) is 0.404. The molecular formula is C20H16O3.